The number of benzene rings is 2. The number of esters is 1. The molecule has 1 N–H and O–H groups in total. The first-order chi connectivity index (χ1) is 12.7. The van der Waals surface area contributed by atoms with Gasteiger partial charge in [-0.3, -0.25) is 0 Å². The van der Waals surface area contributed by atoms with E-state index in [4.69, 9.17) is 4.74 Å². The smallest absolute Gasteiger partial charge is 0.337 e. The standard InChI is InChI=1S/C19H19N5O2/c1-24(13-14-7-4-3-5-8-14)17-12-20-23-19(22-17)21-16-10-6-9-15(11-16)18(25)26-2/h3-12H,13H2,1-2H3,(H,21,22,23). The van der Waals surface area contributed by atoms with E-state index in [1.165, 1.54) is 12.7 Å². The highest BCUT2D eigenvalue weighted by Crippen LogP contribution is 2.17. The molecule has 0 aliphatic rings. The SMILES string of the molecule is COC(=O)c1cccc(Nc2nncc(N(C)Cc3ccccc3)n2)c1. The third-order valence-corrected chi connectivity index (χ3v) is 3.74. The van der Waals surface area contributed by atoms with Crippen LogP contribution in [0.3, 0.4) is 0 Å². The lowest BCUT2D eigenvalue weighted by atomic mass is 10.2. The Balaban J connectivity index is 1.74. The molecule has 0 aliphatic heterocycles. The van der Waals surface area contributed by atoms with Gasteiger partial charge in [0.05, 0.1) is 18.9 Å². The Hall–Kier alpha value is -3.48. The van der Waals surface area contributed by atoms with E-state index < -0.39 is 5.97 Å². The van der Waals surface area contributed by atoms with Gasteiger partial charge in [0, 0.05) is 19.3 Å². The Morgan fingerprint density at radius 1 is 1.15 bits per heavy atom. The second-order valence-corrected chi connectivity index (χ2v) is 5.68. The molecule has 0 saturated carbocycles. The first-order valence-electron chi connectivity index (χ1n) is 8.06. The summed E-state index contributed by atoms with van der Waals surface area (Å²) in [5.74, 6) is 0.643. The molecule has 0 unspecified atom stereocenters. The van der Waals surface area contributed by atoms with Crippen molar-refractivity contribution in [3.8, 4) is 0 Å². The van der Waals surface area contributed by atoms with Crippen LogP contribution in [0.15, 0.2) is 60.8 Å². The summed E-state index contributed by atoms with van der Waals surface area (Å²) in [6.45, 7) is 0.705. The van der Waals surface area contributed by atoms with Crippen LogP contribution in [0, 0.1) is 0 Å². The number of nitrogens with zero attached hydrogens (tertiary/aromatic N) is 4. The summed E-state index contributed by atoms with van der Waals surface area (Å²) in [5, 5.41) is 11.1. The first kappa shape index (κ1) is 17.3. The maximum Gasteiger partial charge on any atom is 0.337 e. The van der Waals surface area contributed by atoms with Gasteiger partial charge < -0.3 is 15.0 Å². The lowest BCUT2D eigenvalue weighted by molar-refractivity contribution is 0.0601. The average Bonchev–Trinajstić information content (AvgIpc) is 2.68. The molecule has 0 aliphatic carbocycles. The van der Waals surface area contributed by atoms with E-state index in [2.05, 4.69) is 32.6 Å². The van der Waals surface area contributed by atoms with E-state index in [-0.39, 0.29) is 0 Å². The van der Waals surface area contributed by atoms with Crippen molar-refractivity contribution < 1.29 is 9.53 Å². The van der Waals surface area contributed by atoms with E-state index in [0.29, 0.717) is 29.6 Å². The Bertz CT molecular complexity index is 886. The lowest BCUT2D eigenvalue weighted by Gasteiger charge is -2.18. The highest BCUT2D eigenvalue weighted by atomic mass is 16.5. The van der Waals surface area contributed by atoms with Gasteiger partial charge in [0.1, 0.15) is 0 Å². The molecule has 0 saturated heterocycles. The van der Waals surface area contributed by atoms with Crippen molar-refractivity contribution in [2.45, 2.75) is 6.54 Å². The topological polar surface area (TPSA) is 80.2 Å². The molecule has 7 nitrogen and oxygen atoms in total. The van der Waals surface area contributed by atoms with Crippen molar-refractivity contribution in [1.82, 2.24) is 15.2 Å². The molecule has 26 heavy (non-hydrogen) atoms. The molecule has 3 aromatic rings. The number of carbonyl (C=O) groups is 1. The lowest BCUT2D eigenvalue weighted by Crippen LogP contribution is -2.18. The van der Waals surface area contributed by atoms with Crippen LogP contribution in [-0.2, 0) is 11.3 Å². The van der Waals surface area contributed by atoms with E-state index in [0.717, 1.165) is 0 Å². The Kier molecular flexibility index (Phi) is 5.38. The van der Waals surface area contributed by atoms with Crippen LogP contribution in [0.2, 0.25) is 0 Å². The highest BCUT2D eigenvalue weighted by molar-refractivity contribution is 5.90. The Morgan fingerprint density at radius 3 is 2.73 bits per heavy atom. The number of hydrogen-bond donors (Lipinski definition) is 1. The molecule has 0 radical (unpaired) electrons. The number of rotatable bonds is 6. The Morgan fingerprint density at radius 2 is 1.96 bits per heavy atom. The number of ether oxygens (including phenoxy) is 1. The third kappa shape index (κ3) is 4.32. The van der Waals surface area contributed by atoms with Crippen molar-refractivity contribution in [3.63, 3.8) is 0 Å². The molecule has 0 bridgehead atoms. The van der Waals surface area contributed by atoms with Crippen LogP contribution in [0.5, 0.6) is 0 Å². The van der Waals surface area contributed by atoms with Crippen LogP contribution < -0.4 is 10.2 Å². The zero-order valence-corrected chi connectivity index (χ0v) is 14.6. The molecular formula is C19H19N5O2. The third-order valence-electron chi connectivity index (χ3n) is 3.74. The monoisotopic (exact) mass is 349 g/mol. The number of carbonyl (C=O) groups excluding carboxylic acids is 1. The largest absolute Gasteiger partial charge is 0.465 e. The molecule has 0 spiro atoms. The summed E-state index contributed by atoms with van der Waals surface area (Å²) in [6, 6.07) is 17.0. The molecule has 0 fully saturated rings. The maximum atomic E-state index is 11.6. The first-order valence-corrected chi connectivity index (χ1v) is 8.06. The quantitative estimate of drug-likeness (QED) is 0.685. The van der Waals surface area contributed by atoms with Crippen LogP contribution in [-0.4, -0.2) is 35.3 Å². The number of aromatic nitrogens is 3. The van der Waals surface area contributed by atoms with Crippen molar-refractivity contribution in [3.05, 3.63) is 71.9 Å². The van der Waals surface area contributed by atoms with Crippen LogP contribution >= 0.6 is 0 Å². The maximum absolute atomic E-state index is 11.6. The summed E-state index contributed by atoms with van der Waals surface area (Å²) in [4.78, 5) is 18.1. The van der Waals surface area contributed by atoms with Gasteiger partial charge in [0.25, 0.3) is 0 Å². The van der Waals surface area contributed by atoms with Gasteiger partial charge >= 0.3 is 5.97 Å². The van der Waals surface area contributed by atoms with Crippen molar-refractivity contribution in [1.29, 1.82) is 0 Å². The van der Waals surface area contributed by atoms with Gasteiger partial charge in [-0.25, -0.2) is 4.79 Å². The van der Waals surface area contributed by atoms with Gasteiger partial charge in [-0.2, -0.15) is 10.1 Å². The minimum absolute atomic E-state index is 0.351. The minimum atomic E-state index is -0.399. The van der Waals surface area contributed by atoms with Crippen LogP contribution in [0.1, 0.15) is 15.9 Å². The second-order valence-electron chi connectivity index (χ2n) is 5.68. The van der Waals surface area contributed by atoms with Crippen molar-refractivity contribution in [2.75, 3.05) is 24.4 Å². The molecule has 1 aromatic heterocycles. The minimum Gasteiger partial charge on any atom is -0.465 e. The number of anilines is 3. The van der Waals surface area contributed by atoms with Gasteiger partial charge in [-0.05, 0) is 23.8 Å². The molecular weight excluding hydrogens is 330 g/mol. The fourth-order valence-electron chi connectivity index (χ4n) is 2.44. The predicted molar refractivity (Wildman–Crippen MR) is 99.4 cm³/mol. The van der Waals surface area contributed by atoms with E-state index in [9.17, 15) is 4.79 Å². The molecule has 7 heteroatoms. The molecule has 0 atom stereocenters. The van der Waals surface area contributed by atoms with Gasteiger partial charge in [0.2, 0.25) is 5.95 Å². The van der Waals surface area contributed by atoms with E-state index in [1.807, 2.05) is 36.2 Å². The summed E-state index contributed by atoms with van der Waals surface area (Å²) < 4.78 is 4.73. The summed E-state index contributed by atoms with van der Waals surface area (Å²) in [6.07, 6.45) is 1.61. The van der Waals surface area contributed by atoms with E-state index >= 15 is 0 Å². The average molecular weight is 349 g/mol. The molecule has 1 heterocycles. The number of methoxy groups -OCH3 is 1. The summed E-state index contributed by atoms with van der Waals surface area (Å²) in [5.41, 5.74) is 2.30. The molecule has 132 valence electrons. The fraction of sp³-hybridized carbons (Fsp3) is 0.158. The summed E-state index contributed by atoms with van der Waals surface area (Å²) in [7, 11) is 3.29. The summed E-state index contributed by atoms with van der Waals surface area (Å²) >= 11 is 0. The van der Waals surface area contributed by atoms with Crippen molar-refractivity contribution in [2.24, 2.45) is 0 Å². The van der Waals surface area contributed by atoms with Gasteiger partial charge in [-0.15, -0.1) is 5.10 Å². The zero-order chi connectivity index (χ0) is 18.4. The fourth-order valence-corrected chi connectivity index (χ4v) is 2.44. The van der Waals surface area contributed by atoms with Crippen LogP contribution in [0.25, 0.3) is 0 Å². The van der Waals surface area contributed by atoms with Crippen LogP contribution in [0.4, 0.5) is 17.5 Å². The zero-order valence-electron chi connectivity index (χ0n) is 14.6. The molecule has 3 rings (SSSR count). The number of nitrogens with one attached hydrogen (secondary N) is 1. The normalized spacial score (nSPS) is 10.2. The Labute approximate surface area is 151 Å². The van der Waals surface area contributed by atoms with E-state index in [1.54, 1.807) is 24.4 Å². The molecule has 2 aromatic carbocycles. The second kappa shape index (κ2) is 8.06. The van der Waals surface area contributed by atoms with Gasteiger partial charge in [0.15, 0.2) is 5.82 Å². The van der Waals surface area contributed by atoms with Crippen molar-refractivity contribution >= 4 is 23.4 Å². The van der Waals surface area contributed by atoms with Gasteiger partial charge in [-0.1, -0.05) is 36.4 Å². The molecule has 0 amide bonds. The highest BCUT2D eigenvalue weighted by Gasteiger charge is 2.09. The predicted octanol–water partition coefficient (Wildman–Crippen LogP) is 3.04. The number of hydrogen-bond acceptors (Lipinski definition) is 7.